The zero-order valence-electron chi connectivity index (χ0n) is 12.7. The van der Waals surface area contributed by atoms with Gasteiger partial charge in [-0.25, -0.2) is 4.79 Å². The van der Waals surface area contributed by atoms with Crippen molar-refractivity contribution in [2.75, 3.05) is 6.54 Å². The van der Waals surface area contributed by atoms with Crippen LogP contribution in [0.1, 0.15) is 38.4 Å². The van der Waals surface area contributed by atoms with Crippen molar-refractivity contribution in [3.05, 3.63) is 35.7 Å². The fourth-order valence-electron chi connectivity index (χ4n) is 1.46. The minimum Gasteiger partial charge on any atom is -0.444 e. The highest BCUT2D eigenvalue weighted by molar-refractivity contribution is 5.67. The Morgan fingerprint density at radius 3 is 2.50 bits per heavy atom. The summed E-state index contributed by atoms with van der Waals surface area (Å²) in [6.07, 6.45) is 0.128. The molecule has 0 aromatic carbocycles. The maximum Gasteiger partial charge on any atom is 0.433 e. The van der Waals surface area contributed by atoms with Crippen LogP contribution in [0.3, 0.4) is 0 Å². The van der Waals surface area contributed by atoms with Crippen LogP contribution in [0.4, 0.5) is 18.0 Å². The summed E-state index contributed by atoms with van der Waals surface area (Å²) in [4.78, 5) is 14.7. The molecule has 1 amide bonds. The number of halogens is 3. The molecule has 122 valence electrons. The lowest BCUT2D eigenvalue weighted by molar-refractivity contribution is -0.141. The van der Waals surface area contributed by atoms with Crippen LogP contribution in [0.2, 0.25) is 0 Å². The van der Waals surface area contributed by atoms with Gasteiger partial charge in [-0.05, 0) is 38.8 Å². The van der Waals surface area contributed by atoms with E-state index in [0.717, 1.165) is 12.3 Å². The van der Waals surface area contributed by atoms with Gasteiger partial charge in [-0.2, -0.15) is 13.2 Å². The molecule has 1 aromatic heterocycles. The molecule has 0 aliphatic carbocycles. The van der Waals surface area contributed by atoms with Crippen molar-refractivity contribution < 1.29 is 22.7 Å². The number of hydrogen-bond donors (Lipinski definition) is 1. The number of nitrogens with one attached hydrogen (secondary N) is 1. The largest absolute Gasteiger partial charge is 0.444 e. The van der Waals surface area contributed by atoms with Gasteiger partial charge in [0.15, 0.2) is 0 Å². The Labute approximate surface area is 127 Å². The van der Waals surface area contributed by atoms with Gasteiger partial charge in [-0.15, -0.1) is 0 Å². The summed E-state index contributed by atoms with van der Waals surface area (Å²) >= 11 is 0. The zero-order valence-corrected chi connectivity index (χ0v) is 12.7. The van der Waals surface area contributed by atoms with Crippen LogP contribution in [0.25, 0.3) is 6.08 Å². The molecule has 22 heavy (non-hydrogen) atoms. The molecule has 7 heteroatoms. The lowest BCUT2D eigenvalue weighted by Crippen LogP contribution is -2.32. The van der Waals surface area contributed by atoms with Crippen LogP contribution in [0, 0.1) is 0 Å². The second kappa shape index (κ2) is 7.29. The normalized spacial score (nSPS) is 12.5. The lowest BCUT2D eigenvalue weighted by Gasteiger charge is -2.19. The van der Waals surface area contributed by atoms with E-state index < -0.39 is 23.6 Å². The average molecular weight is 316 g/mol. The number of ether oxygens (including phenoxy) is 1. The van der Waals surface area contributed by atoms with Gasteiger partial charge >= 0.3 is 12.3 Å². The first-order chi connectivity index (χ1) is 10.1. The van der Waals surface area contributed by atoms with E-state index in [-0.39, 0.29) is 0 Å². The molecule has 0 spiro atoms. The molecule has 0 bridgehead atoms. The number of aromatic nitrogens is 1. The van der Waals surface area contributed by atoms with Gasteiger partial charge in [0.25, 0.3) is 0 Å². The summed E-state index contributed by atoms with van der Waals surface area (Å²) in [5, 5.41) is 2.58. The van der Waals surface area contributed by atoms with Crippen molar-refractivity contribution in [2.24, 2.45) is 0 Å². The lowest BCUT2D eigenvalue weighted by atomic mass is 10.2. The van der Waals surface area contributed by atoms with Gasteiger partial charge in [0.1, 0.15) is 11.3 Å². The maximum absolute atomic E-state index is 12.3. The Kier molecular flexibility index (Phi) is 5.96. The molecule has 0 fully saturated rings. The number of carbonyl (C=O) groups excluding carboxylic acids is 1. The molecule has 4 nitrogen and oxygen atoms in total. The molecule has 1 heterocycles. The number of rotatable bonds is 4. The Balaban J connectivity index is 2.36. The predicted molar refractivity (Wildman–Crippen MR) is 77.1 cm³/mol. The number of alkyl carbamates (subject to hydrolysis) is 1. The molecule has 0 atom stereocenters. The van der Waals surface area contributed by atoms with Gasteiger partial charge in [0.2, 0.25) is 0 Å². The molecular weight excluding hydrogens is 297 g/mol. The molecule has 0 radical (unpaired) electrons. The fourth-order valence-corrected chi connectivity index (χ4v) is 1.46. The van der Waals surface area contributed by atoms with Crippen LogP contribution < -0.4 is 5.32 Å². The van der Waals surface area contributed by atoms with E-state index in [4.69, 9.17) is 4.74 Å². The van der Waals surface area contributed by atoms with E-state index in [1.165, 1.54) is 6.07 Å². The van der Waals surface area contributed by atoms with Gasteiger partial charge in [0.05, 0.1) is 0 Å². The van der Waals surface area contributed by atoms with E-state index in [0.29, 0.717) is 18.5 Å². The highest BCUT2D eigenvalue weighted by Gasteiger charge is 2.31. The summed E-state index contributed by atoms with van der Waals surface area (Å²) in [7, 11) is 0. The van der Waals surface area contributed by atoms with E-state index in [2.05, 4.69) is 10.3 Å². The molecule has 0 aliphatic rings. The van der Waals surface area contributed by atoms with Crippen LogP contribution in [-0.4, -0.2) is 23.2 Å². The minimum atomic E-state index is -4.43. The topological polar surface area (TPSA) is 51.2 Å². The van der Waals surface area contributed by atoms with Gasteiger partial charge < -0.3 is 10.1 Å². The average Bonchev–Trinajstić information content (AvgIpc) is 2.35. The van der Waals surface area contributed by atoms with Gasteiger partial charge in [-0.1, -0.05) is 18.2 Å². The smallest absolute Gasteiger partial charge is 0.433 e. The Hall–Kier alpha value is -2.05. The minimum absolute atomic E-state index is 0.374. The Bertz CT molecular complexity index is 517. The third kappa shape index (κ3) is 7.10. The highest BCUT2D eigenvalue weighted by atomic mass is 19.4. The Morgan fingerprint density at radius 1 is 1.32 bits per heavy atom. The molecule has 1 N–H and O–H groups in total. The van der Waals surface area contributed by atoms with Crippen LogP contribution in [-0.2, 0) is 10.9 Å². The third-order valence-corrected chi connectivity index (χ3v) is 2.37. The summed E-state index contributed by atoms with van der Waals surface area (Å²) < 4.78 is 42.1. The molecule has 1 aromatic rings. The van der Waals surface area contributed by atoms with E-state index in [1.54, 1.807) is 32.9 Å². The number of pyridine rings is 1. The molecule has 0 saturated heterocycles. The molecule has 0 unspecified atom stereocenters. The first-order valence-corrected chi connectivity index (χ1v) is 6.74. The fraction of sp³-hybridized carbons (Fsp3) is 0.467. The van der Waals surface area contributed by atoms with Crippen molar-refractivity contribution >= 4 is 12.2 Å². The van der Waals surface area contributed by atoms with Crippen molar-refractivity contribution in [2.45, 2.75) is 39.0 Å². The number of alkyl halides is 3. The number of hydrogen-bond acceptors (Lipinski definition) is 3. The first kappa shape index (κ1) is 18.0. The molecule has 0 saturated carbocycles. The highest BCUT2D eigenvalue weighted by Crippen LogP contribution is 2.27. The van der Waals surface area contributed by atoms with Crippen molar-refractivity contribution in [1.82, 2.24) is 10.3 Å². The summed E-state index contributed by atoms with van der Waals surface area (Å²) in [6, 6.07) is 2.27. The van der Waals surface area contributed by atoms with Crippen LogP contribution in [0.5, 0.6) is 0 Å². The maximum atomic E-state index is 12.3. The molecular formula is C15H19F3N2O2. The number of amides is 1. The van der Waals surface area contributed by atoms with Crippen LogP contribution >= 0.6 is 0 Å². The molecule has 0 aliphatic heterocycles. The number of nitrogens with zero attached hydrogens (tertiary/aromatic N) is 1. The second-order valence-corrected chi connectivity index (χ2v) is 5.59. The first-order valence-electron chi connectivity index (χ1n) is 6.74. The zero-order chi connectivity index (χ0) is 16.8. The summed E-state index contributed by atoms with van der Waals surface area (Å²) in [6.45, 7) is 5.68. The third-order valence-electron chi connectivity index (χ3n) is 2.37. The standard InChI is InChI=1S/C15H19F3N2O2/c1-14(2,3)22-13(21)19-9-5-4-6-11-7-8-12(20-10-11)15(16,17)18/h4,6-8,10H,5,9H2,1-3H3,(H,19,21). The van der Waals surface area contributed by atoms with E-state index in [9.17, 15) is 18.0 Å². The van der Waals surface area contributed by atoms with Crippen molar-refractivity contribution in [3.8, 4) is 0 Å². The Morgan fingerprint density at radius 2 is 2.00 bits per heavy atom. The monoisotopic (exact) mass is 316 g/mol. The van der Waals surface area contributed by atoms with Gasteiger partial charge in [-0.3, -0.25) is 4.98 Å². The van der Waals surface area contributed by atoms with Gasteiger partial charge in [0, 0.05) is 12.7 Å². The van der Waals surface area contributed by atoms with E-state index >= 15 is 0 Å². The quantitative estimate of drug-likeness (QED) is 0.853. The van der Waals surface area contributed by atoms with Crippen molar-refractivity contribution in [1.29, 1.82) is 0 Å². The second-order valence-electron chi connectivity index (χ2n) is 5.59. The predicted octanol–water partition coefficient (Wildman–Crippen LogP) is 4.03. The SMILES string of the molecule is CC(C)(C)OC(=O)NCCC=Cc1ccc(C(F)(F)F)nc1. The summed E-state index contributed by atoms with van der Waals surface area (Å²) in [5.41, 5.74) is -0.909. The van der Waals surface area contributed by atoms with Crippen LogP contribution in [0.15, 0.2) is 24.4 Å². The van der Waals surface area contributed by atoms with E-state index in [1.807, 2.05) is 0 Å². The summed E-state index contributed by atoms with van der Waals surface area (Å²) in [5.74, 6) is 0. The number of carbonyl (C=O) groups is 1. The molecule has 1 rings (SSSR count). The van der Waals surface area contributed by atoms with Crippen molar-refractivity contribution in [3.63, 3.8) is 0 Å².